The molecule has 0 radical (unpaired) electrons. The van der Waals surface area contributed by atoms with E-state index in [1.165, 1.54) is 25.4 Å². The molecule has 1 amide bonds. The minimum Gasteiger partial charge on any atom is -0.468 e. The molecule has 128 valence electrons. The number of piperidine rings is 1. The third-order valence-electron chi connectivity index (χ3n) is 3.59. The van der Waals surface area contributed by atoms with E-state index in [4.69, 9.17) is 4.74 Å². The monoisotopic (exact) mass is 333 g/mol. The minimum absolute atomic E-state index is 0.163. The molecule has 1 fully saturated rings. The van der Waals surface area contributed by atoms with E-state index in [0.29, 0.717) is 31.6 Å². The summed E-state index contributed by atoms with van der Waals surface area (Å²) in [6.45, 7) is -0.0705. The Hall–Kier alpha value is -1.87. The summed E-state index contributed by atoms with van der Waals surface area (Å²) in [5.41, 5.74) is -0.541. The van der Waals surface area contributed by atoms with Crippen molar-refractivity contribution < 1.29 is 27.4 Å². The molecule has 2 heterocycles. The molecule has 1 aromatic rings. The summed E-state index contributed by atoms with van der Waals surface area (Å²) in [4.78, 5) is 16.1. The van der Waals surface area contributed by atoms with Gasteiger partial charge in [-0.25, -0.2) is 4.98 Å². The lowest BCUT2D eigenvalue weighted by Gasteiger charge is -2.34. The van der Waals surface area contributed by atoms with Crippen LogP contribution in [0.3, 0.4) is 0 Å². The Bertz CT molecular complexity index is 528. The van der Waals surface area contributed by atoms with Crippen molar-refractivity contribution in [2.45, 2.75) is 24.6 Å². The second-order valence-corrected chi connectivity index (χ2v) is 5.19. The fourth-order valence-corrected chi connectivity index (χ4v) is 2.29. The van der Waals surface area contributed by atoms with Gasteiger partial charge in [-0.1, -0.05) is 0 Å². The van der Waals surface area contributed by atoms with Crippen LogP contribution in [0.1, 0.15) is 12.8 Å². The van der Waals surface area contributed by atoms with Crippen LogP contribution in [-0.4, -0.2) is 49.5 Å². The van der Waals surface area contributed by atoms with Crippen molar-refractivity contribution >= 4 is 11.6 Å². The van der Waals surface area contributed by atoms with Crippen LogP contribution in [0.2, 0.25) is 0 Å². The average molecular weight is 333 g/mol. The van der Waals surface area contributed by atoms with Crippen LogP contribution in [0.25, 0.3) is 0 Å². The third kappa shape index (κ3) is 4.80. The maximum atomic E-state index is 12.4. The Labute approximate surface area is 131 Å². The van der Waals surface area contributed by atoms with Gasteiger partial charge in [0.15, 0.2) is 6.61 Å². The zero-order chi connectivity index (χ0) is 16.9. The molecule has 1 aromatic heterocycles. The summed E-state index contributed by atoms with van der Waals surface area (Å²) in [6.07, 6.45) is -2.10. The van der Waals surface area contributed by atoms with E-state index in [9.17, 15) is 18.0 Å². The first kappa shape index (κ1) is 17.5. The molecule has 1 aliphatic heterocycles. The molecular weight excluding hydrogens is 315 g/mol. The van der Waals surface area contributed by atoms with Crippen LogP contribution < -0.4 is 15.4 Å². The molecule has 6 nitrogen and oxygen atoms in total. The highest BCUT2D eigenvalue weighted by atomic mass is 19.4. The van der Waals surface area contributed by atoms with E-state index < -0.39 is 18.4 Å². The molecule has 2 N–H and O–H groups in total. The Morgan fingerprint density at radius 3 is 2.61 bits per heavy atom. The molecule has 23 heavy (non-hydrogen) atoms. The number of carbonyl (C=O) groups excluding carboxylic acids is 1. The average Bonchev–Trinajstić information content (AvgIpc) is 2.54. The second-order valence-electron chi connectivity index (χ2n) is 5.19. The largest absolute Gasteiger partial charge is 0.468 e. The number of aromatic nitrogens is 1. The van der Waals surface area contributed by atoms with Gasteiger partial charge in [-0.15, -0.1) is 0 Å². The molecule has 0 saturated carbocycles. The van der Waals surface area contributed by atoms with Crippen LogP contribution in [0, 0.1) is 0 Å². The van der Waals surface area contributed by atoms with Crippen LogP contribution in [0.15, 0.2) is 18.3 Å². The Morgan fingerprint density at radius 2 is 2.09 bits per heavy atom. The van der Waals surface area contributed by atoms with Gasteiger partial charge in [0, 0.05) is 13.2 Å². The standard InChI is InChI=1S/C14H18F3N3O3/c1-22-13(4-6-18-7-5-13)12(21)20-10-2-3-11(19-8-10)23-9-14(15,16)17/h2-3,8,18H,4-7,9H2,1H3,(H,20,21). The minimum atomic E-state index is -4.42. The van der Waals surface area contributed by atoms with Gasteiger partial charge in [0.1, 0.15) is 5.60 Å². The highest BCUT2D eigenvalue weighted by Crippen LogP contribution is 2.25. The first-order valence-electron chi connectivity index (χ1n) is 7.08. The molecule has 1 aliphatic rings. The zero-order valence-corrected chi connectivity index (χ0v) is 12.6. The van der Waals surface area contributed by atoms with E-state index in [2.05, 4.69) is 20.4 Å². The van der Waals surface area contributed by atoms with Gasteiger partial charge in [-0.2, -0.15) is 13.2 Å². The SMILES string of the molecule is COC1(C(=O)Nc2ccc(OCC(F)(F)F)nc2)CCNCC1. The third-order valence-corrected chi connectivity index (χ3v) is 3.59. The Balaban J connectivity index is 1.96. The molecule has 2 rings (SSSR count). The van der Waals surface area contributed by atoms with Gasteiger partial charge in [-0.3, -0.25) is 4.79 Å². The maximum Gasteiger partial charge on any atom is 0.422 e. The number of amides is 1. The fourth-order valence-electron chi connectivity index (χ4n) is 2.29. The van der Waals surface area contributed by atoms with Gasteiger partial charge >= 0.3 is 6.18 Å². The molecule has 0 aromatic carbocycles. The van der Waals surface area contributed by atoms with Gasteiger partial charge in [-0.05, 0) is 32.0 Å². The lowest BCUT2D eigenvalue weighted by atomic mass is 9.91. The van der Waals surface area contributed by atoms with Crippen LogP contribution in [0.4, 0.5) is 18.9 Å². The molecule has 1 saturated heterocycles. The van der Waals surface area contributed by atoms with Crippen LogP contribution in [0.5, 0.6) is 5.88 Å². The summed E-state index contributed by atoms with van der Waals surface area (Å²) in [5.74, 6) is -0.462. The maximum absolute atomic E-state index is 12.4. The van der Waals surface area contributed by atoms with E-state index in [1.54, 1.807) is 0 Å². The molecule has 0 unspecified atom stereocenters. The molecule has 0 spiro atoms. The van der Waals surface area contributed by atoms with Gasteiger partial charge < -0.3 is 20.1 Å². The van der Waals surface area contributed by atoms with Crippen molar-refractivity contribution in [1.82, 2.24) is 10.3 Å². The quantitative estimate of drug-likeness (QED) is 0.859. The number of rotatable bonds is 5. The topological polar surface area (TPSA) is 72.5 Å². The van der Waals surface area contributed by atoms with Crippen molar-refractivity contribution in [3.05, 3.63) is 18.3 Å². The van der Waals surface area contributed by atoms with Crippen molar-refractivity contribution in [2.24, 2.45) is 0 Å². The van der Waals surface area contributed by atoms with Crippen LogP contribution >= 0.6 is 0 Å². The summed E-state index contributed by atoms with van der Waals surface area (Å²) in [6, 6.07) is 2.70. The summed E-state index contributed by atoms with van der Waals surface area (Å²) in [7, 11) is 1.48. The number of hydrogen-bond acceptors (Lipinski definition) is 5. The predicted molar refractivity (Wildman–Crippen MR) is 76.3 cm³/mol. The predicted octanol–water partition coefficient (Wildman–Crippen LogP) is 1.73. The number of carbonyl (C=O) groups is 1. The molecule has 9 heteroatoms. The number of ether oxygens (including phenoxy) is 2. The van der Waals surface area contributed by atoms with E-state index in [-0.39, 0.29) is 11.8 Å². The lowest BCUT2D eigenvalue weighted by Crippen LogP contribution is -2.51. The van der Waals surface area contributed by atoms with Gasteiger partial charge in [0.2, 0.25) is 5.88 Å². The number of nitrogens with one attached hydrogen (secondary N) is 2. The van der Waals surface area contributed by atoms with E-state index in [1.807, 2.05) is 0 Å². The molecular formula is C14H18F3N3O3. The second kappa shape index (κ2) is 7.14. The van der Waals surface area contributed by atoms with Crippen molar-refractivity contribution in [1.29, 1.82) is 0 Å². The number of methoxy groups -OCH3 is 1. The van der Waals surface area contributed by atoms with Crippen molar-refractivity contribution in [3.8, 4) is 5.88 Å². The fraction of sp³-hybridized carbons (Fsp3) is 0.571. The molecule has 0 atom stereocenters. The van der Waals surface area contributed by atoms with E-state index >= 15 is 0 Å². The van der Waals surface area contributed by atoms with Gasteiger partial charge in [0.05, 0.1) is 11.9 Å². The van der Waals surface area contributed by atoms with E-state index in [0.717, 1.165) is 0 Å². The highest BCUT2D eigenvalue weighted by molar-refractivity contribution is 5.97. The number of halogens is 3. The number of pyridine rings is 1. The van der Waals surface area contributed by atoms with Crippen molar-refractivity contribution in [3.63, 3.8) is 0 Å². The lowest BCUT2D eigenvalue weighted by molar-refractivity contribution is -0.154. The highest BCUT2D eigenvalue weighted by Gasteiger charge is 2.39. The normalized spacial score (nSPS) is 17.6. The Kier molecular flexibility index (Phi) is 5.42. The smallest absolute Gasteiger partial charge is 0.422 e. The summed E-state index contributed by atoms with van der Waals surface area (Å²) in [5, 5.41) is 5.82. The first-order chi connectivity index (χ1) is 10.8. The molecule has 0 bridgehead atoms. The van der Waals surface area contributed by atoms with Crippen molar-refractivity contribution in [2.75, 3.05) is 32.1 Å². The molecule has 0 aliphatic carbocycles. The zero-order valence-electron chi connectivity index (χ0n) is 12.6. The number of hydrogen-bond donors (Lipinski definition) is 2. The van der Waals surface area contributed by atoms with Gasteiger partial charge in [0.25, 0.3) is 5.91 Å². The number of nitrogens with zero attached hydrogens (tertiary/aromatic N) is 1. The Morgan fingerprint density at radius 1 is 1.39 bits per heavy atom. The number of alkyl halides is 3. The number of anilines is 1. The van der Waals surface area contributed by atoms with Crippen LogP contribution in [-0.2, 0) is 9.53 Å². The first-order valence-corrected chi connectivity index (χ1v) is 7.08. The summed E-state index contributed by atoms with van der Waals surface area (Å²) >= 11 is 0. The summed E-state index contributed by atoms with van der Waals surface area (Å²) < 4.78 is 46.0.